The maximum Gasteiger partial charge on any atom is 0.472 e. The molecule has 0 aliphatic carbocycles. The van der Waals surface area contributed by atoms with Crippen molar-refractivity contribution in [1.82, 2.24) is 0 Å². The van der Waals surface area contributed by atoms with Crippen LogP contribution in [0.5, 0.6) is 0 Å². The summed E-state index contributed by atoms with van der Waals surface area (Å²) in [5.41, 5.74) is 0. The lowest BCUT2D eigenvalue weighted by atomic mass is 10.0. The molecule has 3 unspecified atom stereocenters. The van der Waals surface area contributed by atoms with Gasteiger partial charge in [-0.2, -0.15) is 0 Å². The predicted molar refractivity (Wildman–Crippen MR) is 321 cm³/mol. The predicted octanol–water partition coefficient (Wildman–Crippen LogP) is 16.6. The van der Waals surface area contributed by atoms with Gasteiger partial charge in [0.2, 0.25) is 0 Å². The minimum atomic E-state index is -4.94. The van der Waals surface area contributed by atoms with Gasteiger partial charge in [-0.15, -0.1) is 0 Å². The molecular formula is C62H120O17P2. The molecule has 17 nitrogen and oxygen atoms in total. The lowest BCUT2D eigenvalue weighted by Gasteiger charge is -2.21. The number of carbonyl (C=O) groups excluding carboxylic acids is 4. The highest BCUT2D eigenvalue weighted by molar-refractivity contribution is 7.47. The molecule has 0 aromatic carbocycles. The van der Waals surface area contributed by atoms with E-state index >= 15 is 0 Å². The lowest BCUT2D eigenvalue weighted by Crippen LogP contribution is -2.30. The van der Waals surface area contributed by atoms with Crippen molar-refractivity contribution >= 4 is 39.5 Å². The van der Waals surface area contributed by atoms with E-state index in [9.17, 15) is 43.2 Å². The highest BCUT2D eigenvalue weighted by Crippen LogP contribution is 2.45. The van der Waals surface area contributed by atoms with Crippen LogP contribution in [0.25, 0.3) is 0 Å². The molecule has 0 spiro atoms. The van der Waals surface area contributed by atoms with Gasteiger partial charge < -0.3 is 33.8 Å². The molecule has 0 radical (unpaired) electrons. The normalized spacial score (nSPS) is 14.5. The Morgan fingerprint density at radius 3 is 0.765 bits per heavy atom. The second-order valence-corrected chi connectivity index (χ2v) is 27.3. The summed E-state index contributed by atoms with van der Waals surface area (Å²) in [6, 6.07) is 0. The molecule has 0 aromatic heterocycles. The van der Waals surface area contributed by atoms with Gasteiger partial charge >= 0.3 is 39.5 Å². The third kappa shape index (κ3) is 56.9. The first-order chi connectivity index (χ1) is 38.6. The van der Waals surface area contributed by atoms with Gasteiger partial charge in [0, 0.05) is 25.7 Å². The Hall–Kier alpha value is -1.94. The second kappa shape index (κ2) is 52.4. The second-order valence-electron chi connectivity index (χ2n) is 24.3. The highest BCUT2D eigenvalue weighted by Gasteiger charge is 2.30. The zero-order chi connectivity index (χ0) is 60.4. The summed E-state index contributed by atoms with van der Waals surface area (Å²) in [7, 11) is -9.88. The van der Waals surface area contributed by atoms with Gasteiger partial charge in [-0.3, -0.25) is 37.3 Å². The van der Waals surface area contributed by atoms with E-state index in [1.807, 2.05) is 0 Å². The van der Waals surface area contributed by atoms with Crippen LogP contribution in [0.15, 0.2) is 0 Å². The van der Waals surface area contributed by atoms with E-state index < -0.39 is 97.5 Å². The molecule has 81 heavy (non-hydrogen) atoms. The average Bonchev–Trinajstić information content (AvgIpc) is 3.40. The Balaban J connectivity index is 5.24. The maximum absolute atomic E-state index is 12.9. The Morgan fingerprint density at radius 2 is 0.519 bits per heavy atom. The number of hydrogen-bond acceptors (Lipinski definition) is 15. The maximum atomic E-state index is 12.9. The fourth-order valence-corrected chi connectivity index (χ4v) is 10.7. The third-order valence-electron chi connectivity index (χ3n) is 14.1. The van der Waals surface area contributed by atoms with Gasteiger partial charge in [-0.05, 0) is 49.4 Å². The van der Waals surface area contributed by atoms with Crippen LogP contribution < -0.4 is 0 Å². The van der Waals surface area contributed by atoms with Crippen molar-refractivity contribution in [2.24, 2.45) is 23.7 Å². The zero-order valence-electron chi connectivity index (χ0n) is 52.4. The van der Waals surface area contributed by atoms with Crippen LogP contribution in [0.4, 0.5) is 0 Å². The first kappa shape index (κ1) is 79.1. The molecule has 0 amide bonds. The van der Waals surface area contributed by atoms with Gasteiger partial charge in [-0.1, -0.05) is 242 Å². The van der Waals surface area contributed by atoms with E-state index in [1.165, 1.54) is 89.9 Å². The van der Waals surface area contributed by atoms with Crippen molar-refractivity contribution in [2.45, 2.75) is 311 Å². The molecule has 0 fully saturated rings. The first-order valence-corrected chi connectivity index (χ1v) is 35.2. The Labute approximate surface area is 492 Å². The molecule has 0 aliphatic rings. The number of phosphoric ester groups is 2. The van der Waals surface area contributed by atoms with Gasteiger partial charge in [0.15, 0.2) is 12.2 Å². The van der Waals surface area contributed by atoms with Crippen molar-refractivity contribution < 1.29 is 80.2 Å². The molecule has 480 valence electrons. The summed E-state index contributed by atoms with van der Waals surface area (Å²) < 4.78 is 67.8. The van der Waals surface area contributed by atoms with Gasteiger partial charge in [0.05, 0.1) is 26.4 Å². The molecule has 0 bridgehead atoms. The first-order valence-electron chi connectivity index (χ1n) is 32.2. The Bertz CT molecular complexity index is 1630. The summed E-state index contributed by atoms with van der Waals surface area (Å²) in [6.07, 6.45) is 31.1. The number of ether oxygens (including phenoxy) is 4. The van der Waals surface area contributed by atoms with Crippen LogP contribution in [0.1, 0.15) is 293 Å². The van der Waals surface area contributed by atoms with E-state index in [0.717, 1.165) is 102 Å². The fourth-order valence-electron chi connectivity index (χ4n) is 9.08. The zero-order valence-corrected chi connectivity index (χ0v) is 54.2. The summed E-state index contributed by atoms with van der Waals surface area (Å²) in [5.74, 6) is 0.666. The largest absolute Gasteiger partial charge is 0.472 e. The number of aliphatic hydroxyl groups is 1. The van der Waals surface area contributed by atoms with Crippen molar-refractivity contribution in [1.29, 1.82) is 0 Å². The quantitative estimate of drug-likeness (QED) is 0.0222. The van der Waals surface area contributed by atoms with E-state index in [1.54, 1.807) is 0 Å². The fraction of sp³-hybridized carbons (Fsp3) is 0.935. The molecule has 3 N–H and O–H groups in total. The van der Waals surface area contributed by atoms with Crippen LogP contribution in [0, 0.1) is 23.7 Å². The van der Waals surface area contributed by atoms with E-state index in [0.29, 0.717) is 43.4 Å². The van der Waals surface area contributed by atoms with E-state index in [-0.39, 0.29) is 25.7 Å². The standard InChI is InChI=1S/C62H120O17P2/c1-52(2)38-30-22-14-10-9-11-17-26-34-42-59(64)72-48-57(78-61(66)44-36-28-19-13-16-24-32-40-54(5)6)50-76-80(68,69)74-46-56(63)47-75-81(70,71)77-51-58(79-62(67)45-37-29-21-20-25-33-41-55(7)8)49-73-60(65)43-35-27-18-12-15-23-31-39-53(3)4/h52-58,63H,9-51H2,1-8H3,(H,68,69)(H,70,71)/t56?,57-,58-/m1/s1. The van der Waals surface area contributed by atoms with Crippen LogP contribution in [-0.4, -0.2) is 96.7 Å². The minimum Gasteiger partial charge on any atom is -0.462 e. The third-order valence-corrected chi connectivity index (χ3v) is 16.0. The van der Waals surface area contributed by atoms with Gasteiger partial charge in [0.1, 0.15) is 19.3 Å². The molecule has 19 heteroatoms. The van der Waals surface area contributed by atoms with Crippen LogP contribution in [0.2, 0.25) is 0 Å². The molecule has 0 saturated carbocycles. The molecule has 0 heterocycles. The Kier molecular flexibility index (Phi) is 51.1. The smallest absolute Gasteiger partial charge is 0.462 e. The number of esters is 4. The summed E-state index contributed by atoms with van der Waals surface area (Å²) in [5, 5.41) is 10.5. The average molecular weight is 1200 g/mol. The van der Waals surface area contributed by atoms with E-state index in [4.69, 9.17) is 37.0 Å². The van der Waals surface area contributed by atoms with Crippen molar-refractivity contribution in [3.05, 3.63) is 0 Å². The minimum absolute atomic E-state index is 0.100. The molecule has 0 rings (SSSR count). The molecule has 0 saturated heterocycles. The number of aliphatic hydroxyl groups excluding tert-OH is 1. The van der Waals surface area contributed by atoms with Crippen LogP contribution in [0.3, 0.4) is 0 Å². The number of phosphoric acid groups is 2. The van der Waals surface area contributed by atoms with Gasteiger partial charge in [0.25, 0.3) is 0 Å². The van der Waals surface area contributed by atoms with Crippen LogP contribution >= 0.6 is 15.6 Å². The lowest BCUT2D eigenvalue weighted by molar-refractivity contribution is -0.161. The topological polar surface area (TPSA) is 237 Å². The monoisotopic (exact) mass is 1200 g/mol. The van der Waals surface area contributed by atoms with Gasteiger partial charge in [-0.25, -0.2) is 9.13 Å². The summed E-state index contributed by atoms with van der Waals surface area (Å²) in [6.45, 7) is 13.8. The van der Waals surface area contributed by atoms with Crippen molar-refractivity contribution in [3.8, 4) is 0 Å². The number of rotatable bonds is 59. The Morgan fingerprint density at radius 1 is 0.309 bits per heavy atom. The number of carbonyl (C=O) groups is 4. The SMILES string of the molecule is CC(C)CCCCCCCCCCCC(=O)OC[C@H](COP(=O)(O)OCC(O)COP(=O)(O)OC[C@@H](COC(=O)CCCCCCCCCC(C)C)OC(=O)CCCCCCCCC(C)C)OC(=O)CCCCCCCCCC(C)C. The summed E-state index contributed by atoms with van der Waals surface area (Å²) >= 11 is 0. The van der Waals surface area contributed by atoms with Crippen molar-refractivity contribution in [3.63, 3.8) is 0 Å². The highest BCUT2D eigenvalue weighted by atomic mass is 31.2. The van der Waals surface area contributed by atoms with E-state index in [2.05, 4.69) is 55.4 Å². The number of hydrogen-bond donors (Lipinski definition) is 3. The molecule has 0 aliphatic heterocycles. The number of unbranched alkanes of at least 4 members (excludes halogenated alkanes) is 25. The summed E-state index contributed by atoms with van der Waals surface area (Å²) in [4.78, 5) is 72.0. The molecule has 0 aromatic rings. The molecular weight excluding hydrogens is 1080 g/mol. The molecule has 5 atom stereocenters. The van der Waals surface area contributed by atoms with Crippen LogP contribution in [-0.2, 0) is 65.4 Å². The van der Waals surface area contributed by atoms with Crippen molar-refractivity contribution in [2.75, 3.05) is 39.6 Å².